The SMILES string of the molecule is COc1ccc(-n2c(=S)[nH]c3ccc(Br)cc32)c(C)c1. The molecule has 0 spiro atoms. The molecular weight excluding hydrogens is 336 g/mol. The Morgan fingerprint density at radius 1 is 1.20 bits per heavy atom. The van der Waals surface area contributed by atoms with Gasteiger partial charge in [-0.25, -0.2) is 0 Å². The number of aromatic nitrogens is 2. The quantitative estimate of drug-likeness (QED) is 0.676. The number of methoxy groups -OCH3 is 1. The fourth-order valence-corrected chi connectivity index (χ4v) is 2.98. The summed E-state index contributed by atoms with van der Waals surface area (Å²) in [5.41, 5.74) is 4.24. The number of nitrogens with one attached hydrogen (secondary N) is 1. The molecule has 0 aliphatic heterocycles. The summed E-state index contributed by atoms with van der Waals surface area (Å²) < 4.78 is 9.01. The number of imidazole rings is 1. The molecule has 0 aliphatic carbocycles. The number of hydrogen-bond donors (Lipinski definition) is 1. The lowest BCUT2D eigenvalue weighted by Gasteiger charge is -2.10. The third-order valence-electron chi connectivity index (χ3n) is 3.29. The number of nitrogens with zero attached hydrogens (tertiary/aromatic N) is 1. The molecule has 0 aliphatic rings. The molecule has 0 fully saturated rings. The van der Waals surface area contributed by atoms with E-state index in [0.29, 0.717) is 4.77 Å². The van der Waals surface area contributed by atoms with Crippen molar-refractivity contribution in [1.82, 2.24) is 9.55 Å². The molecule has 0 saturated carbocycles. The van der Waals surface area contributed by atoms with Gasteiger partial charge < -0.3 is 9.72 Å². The molecular formula is C15H13BrN2OS. The zero-order chi connectivity index (χ0) is 14.3. The van der Waals surface area contributed by atoms with Crippen LogP contribution < -0.4 is 4.74 Å². The number of fused-ring (bicyclic) bond motifs is 1. The summed E-state index contributed by atoms with van der Waals surface area (Å²) in [7, 11) is 1.67. The molecule has 0 saturated heterocycles. The highest BCUT2D eigenvalue weighted by Gasteiger charge is 2.09. The Balaban J connectivity index is 2.31. The maximum Gasteiger partial charge on any atom is 0.182 e. The van der Waals surface area contributed by atoms with E-state index in [1.54, 1.807) is 7.11 Å². The number of benzene rings is 2. The Bertz CT molecular complexity index is 851. The maximum absolute atomic E-state index is 5.46. The normalized spacial score (nSPS) is 10.9. The first-order chi connectivity index (χ1) is 9.60. The highest BCUT2D eigenvalue weighted by molar-refractivity contribution is 9.10. The van der Waals surface area contributed by atoms with Gasteiger partial charge in [-0.2, -0.15) is 0 Å². The van der Waals surface area contributed by atoms with Crippen molar-refractivity contribution in [3.05, 3.63) is 51.2 Å². The lowest BCUT2D eigenvalue weighted by molar-refractivity contribution is 0.414. The summed E-state index contributed by atoms with van der Waals surface area (Å²) in [6.45, 7) is 2.05. The summed E-state index contributed by atoms with van der Waals surface area (Å²) in [5, 5.41) is 0. The first-order valence-electron chi connectivity index (χ1n) is 6.15. The largest absolute Gasteiger partial charge is 0.497 e. The van der Waals surface area contributed by atoms with E-state index < -0.39 is 0 Å². The van der Waals surface area contributed by atoms with Gasteiger partial charge >= 0.3 is 0 Å². The lowest BCUT2D eigenvalue weighted by Crippen LogP contribution is -1.97. The molecule has 3 nitrogen and oxygen atoms in total. The van der Waals surface area contributed by atoms with Gasteiger partial charge in [-0.1, -0.05) is 15.9 Å². The van der Waals surface area contributed by atoms with Crippen LogP contribution in [0, 0.1) is 11.7 Å². The van der Waals surface area contributed by atoms with Gasteiger partial charge in [0.15, 0.2) is 4.77 Å². The highest BCUT2D eigenvalue weighted by Crippen LogP contribution is 2.26. The third kappa shape index (κ3) is 2.17. The van der Waals surface area contributed by atoms with Crippen LogP contribution in [0.4, 0.5) is 0 Å². The summed E-state index contributed by atoms with van der Waals surface area (Å²) >= 11 is 8.97. The molecule has 20 heavy (non-hydrogen) atoms. The molecule has 0 radical (unpaired) electrons. The second kappa shape index (κ2) is 5.07. The van der Waals surface area contributed by atoms with Crippen molar-refractivity contribution in [1.29, 1.82) is 0 Å². The number of halogens is 1. The summed E-state index contributed by atoms with van der Waals surface area (Å²) in [5.74, 6) is 0.846. The van der Waals surface area contributed by atoms with Crippen LogP contribution in [0.15, 0.2) is 40.9 Å². The fourth-order valence-electron chi connectivity index (χ4n) is 2.32. The average Bonchev–Trinajstić information content (AvgIpc) is 2.74. The molecule has 1 heterocycles. The maximum atomic E-state index is 5.46. The van der Waals surface area contributed by atoms with Gasteiger partial charge in [-0.15, -0.1) is 0 Å². The molecule has 0 amide bonds. The zero-order valence-electron chi connectivity index (χ0n) is 11.1. The Morgan fingerprint density at radius 3 is 2.70 bits per heavy atom. The minimum atomic E-state index is 0.686. The molecule has 1 aromatic heterocycles. The average molecular weight is 349 g/mol. The number of ether oxygens (including phenoxy) is 1. The van der Waals surface area contributed by atoms with Crippen molar-refractivity contribution in [2.45, 2.75) is 6.92 Å². The van der Waals surface area contributed by atoms with Crippen LogP contribution in [0.3, 0.4) is 0 Å². The molecule has 5 heteroatoms. The van der Waals surface area contributed by atoms with Gasteiger partial charge in [0.1, 0.15) is 5.75 Å². The van der Waals surface area contributed by atoms with Crippen molar-refractivity contribution < 1.29 is 4.74 Å². The Hall–Kier alpha value is -1.59. The smallest absolute Gasteiger partial charge is 0.182 e. The van der Waals surface area contributed by atoms with E-state index in [4.69, 9.17) is 17.0 Å². The van der Waals surface area contributed by atoms with E-state index in [1.165, 1.54) is 0 Å². The minimum absolute atomic E-state index is 0.686. The molecule has 0 bridgehead atoms. The Morgan fingerprint density at radius 2 is 2.00 bits per heavy atom. The lowest BCUT2D eigenvalue weighted by atomic mass is 10.2. The summed E-state index contributed by atoms with van der Waals surface area (Å²) in [6.07, 6.45) is 0. The predicted octanol–water partition coefficient (Wildman–Crippen LogP) is 4.77. The van der Waals surface area contributed by atoms with Gasteiger partial charge in [-0.3, -0.25) is 4.57 Å². The van der Waals surface area contributed by atoms with Gasteiger partial charge in [0, 0.05) is 4.47 Å². The van der Waals surface area contributed by atoms with Gasteiger partial charge in [0.05, 0.1) is 23.8 Å². The van der Waals surface area contributed by atoms with Gasteiger partial charge in [-0.05, 0) is 61.1 Å². The number of aromatic amines is 1. The predicted molar refractivity (Wildman–Crippen MR) is 87.4 cm³/mol. The van der Waals surface area contributed by atoms with Crippen LogP contribution in [0.25, 0.3) is 16.7 Å². The standard InChI is InChI=1S/C15H13BrN2OS/c1-9-7-11(19-2)4-6-13(9)18-14-8-10(16)3-5-12(14)17-15(18)20/h3-8H,1-2H3,(H,17,20). The highest BCUT2D eigenvalue weighted by atomic mass is 79.9. The fraction of sp³-hybridized carbons (Fsp3) is 0.133. The van der Waals surface area contributed by atoms with E-state index in [2.05, 4.69) is 33.9 Å². The van der Waals surface area contributed by atoms with E-state index in [-0.39, 0.29) is 0 Å². The number of H-pyrrole nitrogens is 1. The topological polar surface area (TPSA) is 29.9 Å². The summed E-state index contributed by atoms with van der Waals surface area (Å²) in [4.78, 5) is 3.23. The van der Waals surface area contributed by atoms with Crippen molar-refractivity contribution in [2.75, 3.05) is 7.11 Å². The first kappa shape index (κ1) is 13.4. The minimum Gasteiger partial charge on any atom is -0.497 e. The number of aryl methyl sites for hydroxylation is 1. The molecule has 3 aromatic rings. The van der Waals surface area contributed by atoms with Crippen LogP contribution in [-0.4, -0.2) is 16.7 Å². The van der Waals surface area contributed by atoms with E-state index in [1.807, 2.05) is 34.9 Å². The molecule has 1 N–H and O–H groups in total. The van der Waals surface area contributed by atoms with Gasteiger partial charge in [0.2, 0.25) is 0 Å². The van der Waals surface area contributed by atoms with Crippen molar-refractivity contribution >= 4 is 39.2 Å². The van der Waals surface area contributed by atoms with E-state index in [0.717, 1.165) is 32.5 Å². The van der Waals surface area contributed by atoms with Crippen molar-refractivity contribution in [3.8, 4) is 11.4 Å². The Labute approximate surface area is 130 Å². The van der Waals surface area contributed by atoms with Crippen molar-refractivity contribution in [3.63, 3.8) is 0 Å². The molecule has 3 rings (SSSR count). The van der Waals surface area contributed by atoms with Gasteiger partial charge in [0.25, 0.3) is 0 Å². The van der Waals surface area contributed by atoms with Crippen LogP contribution in [0.1, 0.15) is 5.56 Å². The molecule has 0 atom stereocenters. The van der Waals surface area contributed by atoms with Crippen LogP contribution in [-0.2, 0) is 0 Å². The number of rotatable bonds is 2. The van der Waals surface area contributed by atoms with Crippen LogP contribution >= 0.6 is 28.1 Å². The van der Waals surface area contributed by atoms with E-state index in [9.17, 15) is 0 Å². The molecule has 0 unspecified atom stereocenters. The molecule has 102 valence electrons. The van der Waals surface area contributed by atoms with Crippen molar-refractivity contribution in [2.24, 2.45) is 0 Å². The monoisotopic (exact) mass is 348 g/mol. The zero-order valence-corrected chi connectivity index (χ0v) is 13.5. The Kier molecular flexibility index (Phi) is 3.40. The van der Waals surface area contributed by atoms with Crippen LogP contribution in [0.5, 0.6) is 5.75 Å². The third-order valence-corrected chi connectivity index (χ3v) is 4.07. The second-order valence-electron chi connectivity index (χ2n) is 4.58. The number of hydrogen-bond acceptors (Lipinski definition) is 2. The molecule has 2 aromatic carbocycles. The summed E-state index contributed by atoms with van der Waals surface area (Å²) in [6, 6.07) is 12.1. The second-order valence-corrected chi connectivity index (χ2v) is 5.88. The van der Waals surface area contributed by atoms with Crippen LogP contribution in [0.2, 0.25) is 0 Å². The first-order valence-corrected chi connectivity index (χ1v) is 7.35. The van der Waals surface area contributed by atoms with E-state index >= 15 is 0 Å².